The van der Waals surface area contributed by atoms with Gasteiger partial charge in [-0.25, -0.2) is 0 Å². The molecule has 0 amide bonds. The van der Waals surface area contributed by atoms with Gasteiger partial charge < -0.3 is 10.8 Å². The lowest BCUT2D eigenvalue weighted by atomic mass is 10.1. The molecule has 11 heavy (non-hydrogen) atoms. The van der Waals surface area contributed by atoms with E-state index in [4.69, 9.17) is 10.8 Å². The van der Waals surface area contributed by atoms with Crippen molar-refractivity contribution in [3.8, 4) is 0 Å². The van der Waals surface area contributed by atoms with Gasteiger partial charge in [-0.3, -0.25) is 0 Å². The number of aliphatic hydroxyl groups is 1. The number of hydrogen-bond donors (Lipinski definition) is 2. The van der Waals surface area contributed by atoms with Crippen LogP contribution in [0.25, 0.3) is 0 Å². The van der Waals surface area contributed by atoms with Crippen LogP contribution in [0.4, 0.5) is 5.69 Å². The van der Waals surface area contributed by atoms with Crippen molar-refractivity contribution in [2.45, 2.75) is 13.5 Å². The molecule has 3 N–H and O–H groups in total. The molecule has 62 valence electrons. The number of aliphatic hydroxyl groups excluding tert-OH is 1. The van der Waals surface area contributed by atoms with Crippen LogP contribution in [0.1, 0.15) is 11.1 Å². The third-order valence-electron chi connectivity index (χ3n) is 1.34. The molecule has 0 radical (unpaired) electrons. The van der Waals surface area contributed by atoms with Crippen molar-refractivity contribution in [1.29, 1.82) is 0 Å². The van der Waals surface area contributed by atoms with Crippen LogP contribution < -0.4 is 5.73 Å². The molecule has 0 aliphatic heterocycles. The summed E-state index contributed by atoms with van der Waals surface area (Å²) in [6.45, 7) is 2.02. The minimum atomic E-state index is 0. The van der Waals surface area contributed by atoms with Gasteiger partial charge >= 0.3 is 0 Å². The molecule has 0 fully saturated rings. The number of nitrogen functional groups attached to an aromatic ring is 1. The summed E-state index contributed by atoms with van der Waals surface area (Å²) < 4.78 is 0. The van der Waals surface area contributed by atoms with Crippen molar-refractivity contribution >= 4 is 18.1 Å². The van der Waals surface area contributed by atoms with Crippen molar-refractivity contribution < 1.29 is 5.11 Å². The number of halogens is 1. The van der Waals surface area contributed by atoms with Crippen LogP contribution in [-0.4, -0.2) is 5.11 Å². The van der Waals surface area contributed by atoms with E-state index in [0.29, 0.717) is 5.69 Å². The molecule has 0 unspecified atom stereocenters. The zero-order valence-electron chi connectivity index (χ0n) is 6.37. The van der Waals surface area contributed by atoms with E-state index in [2.05, 4.69) is 0 Å². The summed E-state index contributed by atoms with van der Waals surface area (Å²) in [5.74, 6) is 0. The fraction of sp³-hybridized carbons (Fsp3) is 0.250. The molecule has 0 aromatic heterocycles. The summed E-state index contributed by atoms with van der Waals surface area (Å²) in [5.41, 5.74) is 8.20. The van der Waals surface area contributed by atoms with Gasteiger partial charge in [-0.15, -0.1) is 12.4 Å². The highest BCUT2D eigenvalue weighted by atomic mass is 35.5. The number of rotatable bonds is 1. The number of hydrogen-bond acceptors (Lipinski definition) is 2. The van der Waals surface area contributed by atoms with Gasteiger partial charge in [0.25, 0.3) is 0 Å². The molecule has 0 atom stereocenters. The fourth-order valence-corrected chi connectivity index (χ4v) is 0.986. The zero-order chi connectivity index (χ0) is 7.56. The highest BCUT2D eigenvalue weighted by Crippen LogP contribution is 2.10. The topological polar surface area (TPSA) is 46.2 Å². The Hall–Kier alpha value is -0.730. The van der Waals surface area contributed by atoms with Gasteiger partial charge in [-0.05, 0) is 30.2 Å². The molecular weight excluding hydrogens is 162 g/mol. The molecule has 1 rings (SSSR count). The van der Waals surface area contributed by atoms with Gasteiger partial charge in [0.2, 0.25) is 0 Å². The number of nitrogens with two attached hydrogens (primary N) is 1. The lowest BCUT2D eigenvalue weighted by Crippen LogP contribution is -1.90. The first-order valence-electron chi connectivity index (χ1n) is 3.19. The Morgan fingerprint density at radius 1 is 1.36 bits per heavy atom. The lowest BCUT2D eigenvalue weighted by Gasteiger charge is -1.99. The Balaban J connectivity index is 0.000001000. The van der Waals surface area contributed by atoms with Crippen molar-refractivity contribution in [3.05, 3.63) is 29.3 Å². The summed E-state index contributed by atoms with van der Waals surface area (Å²) in [5, 5.41) is 8.73. The SMILES string of the molecule is Cc1cc(N)cc(CO)c1.Cl. The summed E-state index contributed by atoms with van der Waals surface area (Å²) in [6.07, 6.45) is 0. The first-order valence-corrected chi connectivity index (χ1v) is 3.19. The molecule has 0 aliphatic rings. The third-order valence-corrected chi connectivity index (χ3v) is 1.34. The molecule has 0 saturated heterocycles. The van der Waals surface area contributed by atoms with E-state index in [9.17, 15) is 0 Å². The maximum atomic E-state index is 8.73. The van der Waals surface area contributed by atoms with Crippen LogP contribution in [0.3, 0.4) is 0 Å². The minimum Gasteiger partial charge on any atom is -0.399 e. The van der Waals surface area contributed by atoms with Gasteiger partial charge in [-0.2, -0.15) is 0 Å². The molecule has 0 heterocycles. The standard InChI is InChI=1S/C8H11NO.ClH/c1-6-2-7(5-10)4-8(9)3-6;/h2-4,10H,5,9H2,1H3;1H. The average molecular weight is 174 g/mol. The maximum Gasteiger partial charge on any atom is 0.0682 e. The average Bonchev–Trinajstić information content (AvgIpc) is 1.85. The smallest absolute Gasteiger partial charge is 0.0682 e. The van der Waals surface area contributed by atoms with E-state index < -0.39 is 0 Å². The second-order valence-electron chi connectivity index (χ2n) is 2.41. The maximum absolute atomic E-state index is 8.73. The summed E-state index contributed by atoms with van der Waals surface area (Å²) in [7, 11) is 0. The summed E-state index contributed by atoms with van der Waals surface area (Å²) in [4.78, 5) is 0. The highest BCUT2D eigenvalue weighted by molar-refractivity contribution is 5.85. The van der Waals surface area contributed by atoms with E-state index in [1.54, 1.807) is 6.07 Å². The van der Waals surface area contributed by atoms with Crippen LogP contribution in [-0.2, 0) is 6.61 Å². The molecule has 1 aromatic rings. The predicted octanol–water partition coefficient (Wildman–Crippen LogP) is 1.49. The number of anilines is 1. The normalized spacial score (nSPS) is 8.91. The van der Waals surface area contributed by atoms with E-state index in [-0.39, 0.29) is 19.0 Å². The van der Waals surface area contributed by atoms with E-state index in [0.717, 1.165) is 11.1 Å². The molecular formula is C8H12ClNO. The quantitative estimate of drug-likeness (QED) is 0.633. The van der Waals surface area contributed by atoms with Crippen LogP contribution in [0, 0.1) is 6.92 Å². The Bertz CT molecular complexity index is 217. The molecule has 0 spiro atoms. The van der Waals surface area contributed by atoms with E-state index >= 15 is 0 Å². The highest BCUT2D eigenvalue weighted by Gasteiger charge is 1.92. The molecule has 3 heteroatoms. The fourth-order valence-electron chi connectivity index (χ4n) is 0.986. The van der Waals surface area contributed by atoms with Crippen molar-refractivity contribution in [2.75, 3.05) is 5.73 Å². The Labute approximate surface area is 72.4 Å². The Morgan fingerprint density at radius 2 is 2.00 bits per heavy atom. The first kappa shape index (κ1) is 10.3. The minimum absolute atomic E-state index is 0. The summed E-state index contributed by atoms with van der Waals surface area (Å²) >= 11 is 0. The van der Waals surface area contributed by atoms with Gasteiger partial charge in [0.05, 0.1) is 6.61 Å². The van der Waals surface area contributed by atoms with E-state index in [1.807, 2.05) is 19.1 Å². The van der Waals surface area contributed by atoms with Gasteiger partial charge in [0.1, 0.15) is 0 Å². The number of benzene rings is 1. The number of aryl methyl sites for hydroxylation is 1. The van der Waals surface area contributed by atoms with E-state index in [1.165, 1.54) is 0 Å². The van der Waals surface area contributed by atoms with Crippen molar-refractivity contribution in [1.82, 2.24) is 0 Å². The summed E-state index contributed by atoms with van der Waals surface area (Å²) in [6, 6.07) is 5.56. The van der Waals surface area contributed by atoms with Crippen LogP contribution in [0.2, 0.25) is 0 Å². The van der Waals surface area contributed by atoms with Crippen molar-refractivity contribution in [2.24, 2.45) is 0 Å². The molecule has 0 aliphatic carbocycles. The monoisotopic (exact) mass is 173 g/mol. The largest absolute Gasteiger partial charge is 0.399 e. The molecule has 2 nitrogen and oxygen atoms in total. The Kier molecular flexibility index (Phi) is 3.93. The second-order valence-corrected chi connectivity index (χ2v) is 2.41. The zero-order valence-corrected chi connectivity index (χ0v) is 7.19. The first-order chi connectivity index (χ1) is 4.72. The van der Waals surface area contributed by atoms with Crippen molar-refractivity contribution in [3.63, 3.8) is 0 Å². The Morgan fingerprint density at radius 3 is 2.45 bits per heavy atom. The van der Waals surface area contributed by atoms with Gasteiger partial charge in [-0.1, -0.05) is 6.07 Å². The molecule has 1 aromatic carbocycles. The van der Waals surface area contributed by atoms with Crippen LogP contribution in [0.15, 0.2) is 18.2 Å². The van der Waals surface area contributed by atoms with Crippen LogP contribution >= 0.6 is 12.4 Å². The van der Waals surface area contributed by atoms with Crippen LogP contribution in [0.5, 0.6) is 0 Å². The van der Waals surface area contributed by atoms with Gasteiger partial charge in [0.15, 0.2) is 0 Å². The van der Waals surface area contributed by atoms with Gasteiger partial charge in [0, 0.05) is 5.69 Å². The second kappa shape index (κ2) is 4.21. The lowest BCUT2D eigenvalue weighted by molar-refractivity contribution is 0.282. The predicted molar refractivity (Wildman–Crippen MR) is 48.8 cm³/mol. The molecule has 0 bridgehead atoms. The third kappa shape index (κ3) is 2.78. The molecule has 0 saturated carbocycles.